The lowest BCUT2D eigenvalue weighted by Gasteiger charge is -2.24. The third-order valence-electron chi connectivity index (χ3n) is 3.51. The van der Waals surface area contributed by atoms with Gasteiger partial charge in [0.15, 0.2) is 11.6 Å². The number of carboxylic acids is 1. The van der Waals surface area contributed by atoms with Gasteiger partial charge in [0.1, 0.15) is 0 Å². The highest BCUT2D eigenvalue weighted by molar-refractivity contribution is 5.95. The smallest absolute Gasteiger partial charge is 0.307 e. The third-order valence-corrected chi connectivity index (χ3v) is 3.51. The number of amides is 1. The van der Waals surface area contributed by atoms with Crippen LogP contribution in [0.25, 0.3) is 0 Å². The Balaban J connectivity index is 2.11. The van der Waals surface area contributed by atoms with Crippen LogP contribution in [0.3, 0.4) is 0 Å². The number of nitrogens with one attached hydrogen (secondary N) is 1. The predicted molar refractivity (Wildman–Crippen MR) is 74.6 cm³/mol. The van der Waals surface area contributed by atoms with Gasteiger partial charge < -0.3 is 15.2 Å². The largest absolute Gasteiger partial charge is 0.494 e. The number of carbonyl (C=O) groups is 2. The van der Waals surface area contributed by atoms with Crippen LogP contribution in [0.2, 0.25) is 0 Å². The van der Waals surface area contributed by atoms with E-state index in [-0.39, 0.29) is 11.4 Å². The number of allylic oxidation sites excluding steroid dienone is 2. The third kappa shape index (κ3) is 3.39. The van der Waals surface area contributed by atoms with Crippen molar-refractivity contribution in [1.82, 2.24) is 0 Å². The van der Waals surface area contributed by atoms with Crippen molar-refractivity contribution in [3.63, 3.8) is 0 Å². The second kappa shape index (κ2) is 6.39. The van der Waals surface area contributed by atoms with E-state index < -0.39 is 29.5 Å². The first kappa shape index (κ1) is 15.0. The van der Waals surface area contributed by atoms with E-state index in [1.165, 1.54) is 19.2 Å². The van der Waals surface area contributed by atoms with Crippen LogP contribution in [0.5, 0.6) is 5.75 Å². The van der Waals surface area contributed by atoms with Gasteiger partial charge in [0.2, 0.25) is 5.91 Å². The Bertz CT molecular complexity index is 585. The second-order valence-electron chi connectivity index (χ2n) is 4.83. The lowest BCUT2D eigenvalue weighted by atomic mass is 9.82. The Morgan fingerprint density at radius 3 is 2.52 bits per heavy atom. The summed E-state index contributed by atoms with van der Waals surface area (Å²) in [5, 5.41) is 11.7. The zero-order chi connectivity index (χ0) is 15.4. The zero-order valence-corrected chi connectivity index (χ0v) is 11.5. The summed E-state index contributed by atoms with van der Waals surface area (Å²) in [5.74, 6) is -3.34. The fourth-order valence-electron chi connectivity index (χ4n) is 2.36. The van der Waals surface area contributed by atoms with E-state index in [0.717, 1.165) is 6.07 Å². The van der Waals surface area contributed by atoms with Crippen LogP contribution in [0.15, 0.2) is 30.4 Å². The fraction of sp³-hybridized carbons (Fsp3) is 0.333. The van der Waals surface area contributed by atoms with Gasteiger partial charge in [0.05, 0.1) is 18.9 Å². The lowest BCUT2D eigenvalue weighted by Crippen LogP contribution is -2.34. The van der Waals surface area contributed by atoms with Crippen LogP contribution < -0.4 is 10.1 Å². The summed E-state index contributed by atoms with van der Waals surface area (Å²) in [6, 6.07) is 4.06. The van der Waals surface area contributed by atoms with Crippen molar-refractivity contribution < 1.29 is 23.8 Å². The number of anilines is 1. The van der Waals surface area contributed by atoms with Gasteiger partial charge in [-0.15, -0.1) is 0 Å². The molecular weight excluding hydrogens is 277 g/mol. The maximum atomic E-state index is 13.6. The zero-order valence-electron chi connectivity index (χ0n) is 11.5. The van der Waals surface area contributed by atoms with Crippen LogP contribution >= 0.6 is 0 Å². The van der Waals surface area contributed by atoms with Crippen molar-refractivity contribution in [3.8, 4) is 5.75 Å². The van der Waals surface area contributed by atoms with Gasteiger partial charge in [0.25, 0.3) is 0 Å². The highest BCUT2D eigenvalue weighted by atomic mass is 19.1. The first-order valence-electron chi connectivity index (χ1n) is 6.55. The van der Waals surface area contributed by atoms with Crippen molar-refractivity contribution in [2.24, 2.45) is 11.8 Å². The Morgan fingerprint density at radius 1 is 1.29 bits per heavy atom. The van der Waals surface area contributed by atoms with Crippen molar-refractivity contribution in [2.75, 3.05) is 12.4 Å². The van der Waals surface area contributed by atoms with Crippen LogP contribution in [0.1, 0.15) is 12.8 Å². The number of aliphatic carboxylic acids is 1. The number of carboxylic acid groups (broad SMARTS) is 1. The molecule has 0 heterocycles. The van der Waals surface area contributed by atoms with Crippen LogP contribution in [0, 0.1) is 17.7 Å². The molecule has 21 heavy (non-hydrogen) atoms. The minimum atomic E-state index is -1.000. The molecule has 0 saturated carbocycles. The molecule has 1 aliphatic rings. The molecule has 2 N–H and O–H groups in total. The topological polar surface area (TPSA) is 75.6 Å². The summed E-state index contributed by atoms with van der Waals surface area (Å²) in [6.07, 6.45) is 4.24. The Morgan fingerprint density at radius 2 is 1.95 bits per heavy atom. The Labute approximate surface area is 121 Å². The molecule has 5 nitrogen and oxygen atoms in total. The van der Waals surface area contributed by atoms with E-state index in [1.54, 1.807) is 12.2 Å². The molecule has 0 spiro atoms. The van der Waals surface area contributed by atoms with Gasteiger partial charge in [-0.1, -0.05) is 12.2 Å². The minimum Gasteiger partial charge on any atom is -0.494 e. The fourth-order valence-corrected chi connectivity index (χ4v) is 2.36. The molecule has 0 saturated heterocycles. The number of ether oxygens (including phenoxy) is 1. The normalized spacial score (nSPS) is 20.9. The molecule has 1 aromatic rings. The van der Waals surface area contributed by atoms with E-state index >= 15 is 0 Å². The second-order valence-corrected chi connectivity index (χ2v) is 4.83. The average Bonchev–Trinajstić information content (AvgIpc) is 2.47. The summed E-state index contributed by atoms with van der Waals surface area (Å²) in [4.78, 5) is 23.4. The predicted octanol–water partition coefficient (Wildman–Crippen LogP) is 2.44. The molecule has 2 rings (SSSR count). The van der Waals surface area contributed by atoms with Gasteiger partial charge in [-0.25, -0.2) is 4.39 Å². The summed E-state index contributed by atoms with van der Waals surface area (Å²) in [6.45, 7) is 0. The van der Waals surface area contributed by atoms with E-state index in [0.29, 0.717) is 12.8 Å². The van der Waals surface area contributed by atoms with Gasteiger partial charge in [-0.2, -0.15) is 0 Å². The molecule has 0 radical (unpaired) electrons. The summed E-state index contributed by atoms with van der Waals surface area (Å²) >= 11 is 0. The molecule has 0 aromatic heterocycles. The molecule has 1 amide bonds. The first-order valence-corrected chi connectivity index (χ1v) is 6.55. The van der Waals surface area contributed by atoms with Crippen LogP contribution in [-0.4, -0.2) is 24.1 Å². The van der Waals surface area contributed by atoms with Crippen molar-refractivity contribution >= 4 is 17.6 Å². The van der Waals surface area contributed by atoms with Gasteiger partial charge in [-0.05, 0) is 25.0 Å². The summed E-state index contributed by atoms with van der Waals surface area (Å²) in [7, 11) is 1.35. The molecule has 1 aromatic carbocycles. The summed E-state index contributed by atoms with van der Waals surface area (Å²) < 4.78 is 18.4. The number of methoxy groups -OCH3 is 1. The number of carbonyl (C=O) groups excluding carboxylic acids is 1. The highest BCUT2D eigenvalue weighted by Crippen LogP contribution is 2.28. The van der Waals surface area contributed by atoms with Crippen molar-refractivity contribution in [3.05, 3.63) is 36.2 Å². The quantitative estimate of drug-likeness (QED) is 0.836. The lowest BCUT2D eigenvalue weighted by molar-refractivity contribution is -0.146. The number of rotatable bonds is 4. The molecule has 0 aliphatic heterocycles. The van der Waals surface area contributed by atoms with E-state index in [9.17, 15) is 14.0 Å². The Kier molecular flexibility index (Phi) is 4.57. The number of hydrogen-bond acceptors (Lipinski definition) is 3. The molecular formula is C15H16FNO4. The van der Waals surface area contributed by atoms with E-state index in [2.05, 4.69) is 5.32 Å². The van der Waals surface area contributed by atoms with Gasteiger partial charge in [-0.3, -0.25) is 9.59 Å². The van der Waals surface area contributed by atoms with Gasteiger partial charge >= 0.3 is 5.97 Å². The summed E-state index contributed by atoms with van der Waals surface area (Å²) in [5.41, 5.74) is 0.275. The SMILES string of the molecule is COc1ccc(NC(=O)C2CC=CCC2C(=O)O)cc1F. The minimum absolute atomic E-state index is 0.0806. The van der Waals surface area contributed by atoms with Crippen molar-refractivity contribution in [1.29, 1.82) is 0 Å². The molecule has 2 atom stereocenters. The average molecular weight is 293 g/mol. The maximum absolute atomic E-state index is 13.6. The van der Waals surface area contributed by atoms with E-state index in [1.807, 2.05) is 0 Å². The number of benzene rings is 1. The maximum Gasteiger partial charge on any atom is 0.307 e. The molecule has 2 unspecified atom stereocenters. The molecule has 6 heteroatoms. The first-order chi connectivity index (χ1) is 10.0. The molecule has 0 fully saturated rings. The number of hydrogen-bond donors (Lipinski definition) is 2. The van der Waals surface area contributed by atoms with Crippen LogP contribution in [0.4, 0.5) is 10.1 Å². The highest BCUT2D eigenvalue weighted by Gasteiger charge is 2.33. The number of halogens is 1. The monoisotopic (exact) mass is 293 g/mol. The van der Waals surface area contributed by atoms with Crippen LogP contribution in [-0.2, 0) is 9.59 Å². The molecule has 0 bridgehead atoms. The van der Waals surface area contributed by atoms with E-state index in [4.69, 9.17) is 9.84 Å². The molecule has 112 valence electrons. The van der Waals surface area contributed by atoms with Crippen molar-refractivity contribution in [2.45, 2.75) is 12.8 Å². The standard InChI is InChI=1S/C15H16FNO4/c1-21-13-7-6-9(8-12(13)16)17-14(18)10-4-2-3-5-11(10)15(19)20/h2-3,6-8,10-11H,4-5H2,1H3,(H,17,18)(H,19,20). The molecule has 1 aliphatic carbocycles. The Hall–Kier alpha value is -2.37. The van der Waals surface area contributed by atoms with Gasteiger partial charge in [0, 0.05) is 11.8 Å².